The maximum Gasteiger partial charge on any atom is 0.306 e. The Labute approximate surface area is 98.4 Å². The molecule has 1 aromatic rings. The van der Waals surface area contributed by atoms with Crippen LogP contribution < -0.4 is 16.2 Å². The molecule has 1 heterocycles. The first-order valence-corrected chi connectivity index (χ1v) is 5.34. The van der Waals surface area contributed by atoms with E-state index in [0.29, 0.717) is 5.11 Å². The van der Waals surface area contributed by atoms with Gasteiger partial charge < -0.3 is 5.32 Å². The number of hydrogen-bond donors (Lipinski definition) is 4. The molecule has 7 nitrogen and oxygen atoms in total. The number of carbonyl (C=O) groups is 1. The van der Waals surface area contributed by atoms with Crippen LogP contribution in [0.15, 0.2) is 6.33 Å². The molecule has 1 amide bonds. The van der Waals surface area contributed by atoms with E-state index in [0.717, 1.165) is 19.4 Å². The van der Waals surface area contributed by atoms with E-state index in [1.165, 1.54) is 6.33 Å². The number of aromatic nitrogens is 3. The lowest BCUT2D eigenvalue weighted by Crippen LogP contribution is -2.47. The number of unbranched alkanes of at least 4 members (excludes halogenated alkanes) is 1. The first-order chi connectivity index (χ1) is 7.74. The SMILES string of the molecule is CCCCNC(=S)NNC(=O)c1ncn[nH]1. The van der Waals surface area contributed by atoms with E-state index in [2.05, 4.69) is 38.3 Å². The largest absolute Gasteiger partial charge is 0.361 e. The van der Waals surface area contributed by atoms with Gasteiger partial charge in [-0.15, -0.1) is 0 Å². The minimum Gasteiger partial charge on any atom is -0.361 e. The van der Waals surface area contributed by atoms with Crippen LogP contribution in [0, 0.1) is 0 Å². The maximum absolute atomic E-state index is 11.3. The van der Waals surface area contributed by atoms with Crippen LogP contribution in [0.2, 0.25) is 0 Å². The molecule has 0 saturated heterocycles. The van der Waals surface area contributed by atoms with Gasteiger partial charge in [0.25, 0.3) is 0 Å². The number of amides is 1. The summed E-state index contributed by atoms with van der Waals surface area (Å²) in [5, 5.41) is 9.31. The van der Waals surface area contributed by atoms with Crippen molar-refractivity contribution in [1.82, 2.24) is 31.3 Å². The van der Waals surface area contributed by atoms with E-state index < -0.39 is 5.91 Å². The van der Waals surface area contributed by atoms with E-state index in [1.54, 1.807) is 0 Å². The van der Waals surface area contributed by atoms with Crippen molar-refractivity contribution in [1.29, 1.82) is 0 Å². The van der Waals surface area contributed by atoms with Gasteiger partial charge >= 0.3 is 5.91 Å². The maximum atomic E-state index is 11.3. The molecule has 0 atom stereocenters. The predicted molar refractivity (Wildman–Crippen MR) is 62.5 cm³/mol. The van der Waals surface area contributed by atoms with Crippen LogP contribution in [-0.4, -0.2) is 32.7 Å². The van der Waals surface area contributed by atoms with E-state index in [1.807, 2.05) is 0 Å². The van der Waals surface area contributed by atoms with Crippen LogP contribution in [-0.2, 0) is 0 Å². The van der Waals surface area contributed by atoms with Gasteiger partial charge in [-0.1, -0.05) is 13.3 Å². The molecular weight excluding hydrogens is 228 g/mol. The Morgan fingerprint density at radius 2 is 2.38 bits per heavy atom. The van der Waals surface area contributed by atoms with Gasteiger partial charge in [-0.25, -0.2) is 4.98 Å². The van der Waals surface area contributed by atoms with Gasteiger partial charge in [-0.05, 0) is 18.6 Å². The van der Waals surface area contributed by atoms with Gasteiger partial charge in [-0.3, -0.25) is 20.7 Å². The highest BCUT2D eigenvalue weighted by atomic mass is 32.1. The topological polar surface area (TPSA) is 94.7 Å². The fourth-order valence-corrected chi connectivity index (χ4v) is 1.06. The zero-order valence-electron chi connectivity index (χ0n) is 8.91. The summed E-state index contributed by atoms with van der Waals surface area (Å²) in [5.74, 6) is -0.291. The molecule has 0 bridgehead atoms. The normalized spacial score (nSPS) is 9.56. The van der Waals surface area contributed by atoms with Crippen molar-refractivity contribution in [2.75, 3.05) is 6.54 Å². The van der Waals surface area contributed by atoms with Crippen LogP contribution in [0.25, 0.3) is 0 Å². The highest BCUT2D eigenvalue weighted by molar-refractivity contribution is 7.80. The second-order valence-electron chi connectivity index (χ2n) is 3.02. The molecule has 0 fully saturated rings. The lowest BCUT2D eigenvalue weighted by atomic mass is 10.3. The van der Waals surface area contributed by atoms with E-state index >= 15 is 0 Å². The molecule has 8 heteroatoms. The number of rotatable bonds is 4. The Balaban J connectivity index is 2.19. The van der Waals surface area contributed by atoms with Crippen molar-refractivity contribution < 1.29 is 4.79 Å². The highest BCUT2D eigenvalue weighted by Crippen LogP contribution is 1.83. The number of H-pyrrole nitrogens is 1. The monoisotopic (exact) mass is 242 g/mol. The zero-order chi connectivity index (χ0) is 11.8. The van der Waals surface area contributed by atoms with Gasteiger partial charge in [0.2, 0.25) is 5.82 Å². The quantitative estimate of drug-likeness (QED) is 0.329. The summed E-state index contributed by atoms with van der Waals surface area (Å²) in [6.45, 7) is 2.87. The Hall–Kier alpha value is -1.70. The smallest absolute Gasteiger partial charge is 0.306 e. The summed E-state index contributed by atoms with van der Waals surface area (Å²) in [4.78, 5) is 15.0. The highest BCUT2D eigenvalue weighted by Gasteiger charge is 2.07. The summed E-state index contributed by atoms with van der Waals surface area (Å²) in [6.07, 6.45) is 3.37. The van der Waals surface area contributed by atoms with Crippen molar-refractivity contribution in [2.24, 2.45) is 0 Å². The summed E-state index contributed by atoms with van der Waals surface area (Å²) < 4.78 is 0. The molecule has 0 aliphatic heterocycles. The van der Waals surface area contributed by atoms with Crippen molar-refractivity contribution in [2.45, 2.75) is 19.8 Å². The average molecular weight is 242 g/mol. The number of hydrazine groups is 1. The number of thiocarbonyl (C=S) groups is 1. The number of nitrogens with one attached hydrogen (secondary N) is 4. The number of carbonyl (C=O) groups excluding carboxylic acids is 1. The molecule has 0 unspecified atom stereocenters. The second kappa shape index (κ2) is 6.72. The van der Waals surface area contributed by atoms with Gasteiger partial charge in [0, 0.05) is 6.54 Å². The van der Waals surface area contributed by atoms with Crippen LogP contribution in [0.5, 0.6) is 0 Å². The fourth-order valence-electron chi connectivity index (χ4n) is 0.911. The number of hydrogen-bond acceptors (Lipinski definition) is 4. The summed E-state index contributed by atoms with van der Waals surface area (Å²) in [7, 11) is 0. The van der Waals surface area contributed by atoms with E-state index in [-0.39, 0.29) is 5.82 Å². The Morgan fingerprint density at radius 1 is 1.56 bits per heavy atom. The molecule has 0 spiro atoms. The summed E-state index contributed by atoms with van der Waals surface area (Å²) in [6, 6.07) is 0. The van der Waals surface area contributed by atoms with Gasteiger partial charge in [0.1, 0.15) is 6.33 Å². The number of nitrogens with zero attached hydrogens (tertiary/aromatic N) is 2. The van der Waals surface area contributed by atoms with Crippen molar-refractivity contribution in [3.8, 4) is 0 Å². The third kappa shape index (κ3) is 4.22. The van der Waals surface area contributed by atoms with Gasteiger partial charge in [-0.2, -0.15) is 5.10 Å². The molecule has 1 aromatic heterocycles. The van der Waals surface area contributed by atoms with Crippen LogP contribution in [0.3, 0.4) is 0 Å². The van der Waals surface area contributed by atoms with Crippen LogP contribution in [0.1, 0.15) is 30.4 Å². The zero-order valence-corrected chi connectivity index (χ0v) is 9.73. The van der Waals surface area contributed by atoms with Gasteiger partial charge in [0.05, 0.1) is 0 Å². The molecule has 1 rings (SSSR count). The Morgan fingerprint density at radius 3 is 3.00 bits per heavy atom. The van der Waals surface area contributed by atoms with E-state index in [9.17, 15) is 4.79 Å². The molecule has 16 heavy (non-hydrogen) atoms. The first-order valence-electron chi connectivity index (χ1n) is 4.93. The molecule has 0 aliphatic carbocycles. The first kappa shape index (κ1) is 12.4. The molecule has 0 aromatic carbocycles. The molecule has 4 N–H and O–H groups in total. The van der Waals surface area contributed by atoms with Crippen LogP contribution >= 0.6 is 12.2 Å². The third-order valence-electron chi connectivity index (χ3n) is 1.74. The van der Waals surface area contributed by atoms with Crippen molar-refractivity contribution in [3.63, 3.8) is 0 Å². The van der Waals surface area contributed by atoms with Gasteiger partial charge in [0.15, 0.2) is 5.11 Å². The predicted octanol–water partition coefficient (Wildman–Crippen LogP) is -0.286. The summed E-state index contributed by atoms with van der Waals surface area (Å²) >= 11 is 4.93. The summed E-state index contributed by atoms with van der Waals surface area (Å²) in [5.41, 5.74) is 4.95. The molecule has 0 aliphatic rings. The third-order valence-corrected chi connectivity index (χ3v) is 1.98. The van der Waals surface area contributed by atoms with Crippen molar-refractivity contribution >= 4 is 23.2 Å². The minimum atomic E-state index is -0.419. The van der Waals surface area contributed by atoms with Crippen LogP contribution in [0.4, 0.5) is 0 Å². The lowest BCUT2D eigenvalue weighted by Gasteiger charge is -2.09. The standard InChI is InChI=1S/C8H14N6OS/c1-2-3-4-9-8(16)14-13-7(15)6-10-5-11-12-6/h5H,2-4H2,1H3,(H,13,15)(H2,9,14,16)(H,10,11,12). The fraction of sp³-hybridized carbons (Fsp3) is 0.500. The molecule has 0 saturated carbocycles. The molecular formula is C8H14N6OS. The Kier molecular flexibility index (Phi) is 5.20. The minimum absolute atomic E-state index is 0.129. The van der Waals surface area contributed by atoms with Crippen molar-refractivity contribution in [3.05, 3.63) is 12.2 Å². The number of aromatic amines is 1. The molecule has 0 radical (unpaired) electrons. The second-order valence-corrected chi connectivity index (χ2v) is 3.43. The Bertz CT molecular complexity index is 338. The van der Waals surface area contributed by atoms with E-state index in [4.69, 9.17) is 12.2 Å². The lowest BCUT2D eigenvalue weighted by molar-refractivity contribution is 0.0933. The molecule has 88 valence electrons. The average Bonchev–Trinajstić information content (AvgIpc) is 2.79.